The van der Waals surface area contributed by atoms with Crippen LogP contribution in [0, 0.1) is 11.8 Å². The average molecular weight is 299 g/mol. The van der Waals surface area contributed by atoms with Crippen molar-refractivity contribution in [2.75, 3.05) is 0 Å². The summed E-state index contributed by atoms with van der Waals surface area (Å²) in [5.74, 6) is 2.54. The fourth-order valence-corrected chi connectivity index (χ4v) is 4.96. The third-order valence-corrected chi connectivity index (χ3v) is 8.03. The fraction of sp³-hybridized carbons (Fsp3) is 0.923. The fourth-order valence-electron chi connectivity index (χ4n) is 1.89. The SMILES string of the molecule is CCCCCCC[CH]([InH2])C(C)[C](C)C. The molecule has 0 aromatic heterocycles. The summed E-state index contributed by atoms with van der Waals surface area (Å²) in [6.45, 7) is 9.30. The third kappa shape index (κ3) is 7.20. The van der Waals surface area contributed by atoms with Gasteiger partial charge in [0.15, 0.2) is 0 Å². The molecule has 0 rings (SSSR count). The molecule has 14 heavy (non-hydrogen) atoms. The van der Waals surface area contributed by atoms with Gasteiger partial charge >= 0.3 is 106 Å². The van der Waals surface area contributed by atoms with E-state index in [-0.39, 0.29) is 0 Å². The first kappa shape index (κ1) is 14.9. The molecule has 0 saturated heterocycles. The predicted molar refractivity (Wildman–Crippen MR) is 69.4 cm³/mol. The van der Waals surface area contributed by atoms with Gasteiger partial charge in [-0.1, -0.05) is 0 Å². The Kier molecular flexibility index (Phi) is 9.69. The Hall–Kier alpha value is 0.870. The molecule has 1 radical (unpaired) electrons. The van der Waals surface area contributed by atoms with Crippen LogP contribution in [0.4, 0.5) is 0 Å². The van der Waals surface area contributed by atoms with E-state index < -0.39 is 0 Å². The molecule has 83 valence electrons. The van der Waals surface area contributed by atoms with Crippen LogP contribution in [0.25, 0.3) is 0 Å². The van der Waals surface area contributed by atoms with Gasteiger partial charge in [-0.05, 0) is 0 Å². The topological polar surface area (TPSA) is 0 Å². The molecule has 0 amide bonds. The molecule has 0 aromatic carbocycles. The van der Waals surface area contributed by atoms with Gasteiger partial charge in [0.05, 0.1) is 0 Å². The van der Waals surface area contributed by atoms with Crippen LogP contribution < -0.4 is 0 Å². The molecule has 1 heteroatoms. The van der Waals surface area contributed by atoms with Crippen molar-refractivity contribution in [3.05, 3.63) is 5.92 Å². The van der Waals surface area contributed by atoms with Crippen molar-refractivity contribution < 1.29 is 0 Å². The molecule has 0 aromatic rings. The normalized spacial score (nSPS) is 15.8. The molecule has 2 atom stereocenters. The second kappa shape index (κ2) is 9.12. The van der Waals surface area contributed by atoms with Crippen LogP contribution in [-0.4, -0.2) is 24.4 Å². The zero-order valence-electron chi connectivity index (χ0n) is 10.9. The van der Waals surface area contributed by atoms with Crippen LogP contribution in [0.2, 0.25) is 3.67 Å². The standard InChI is InChI=1S/C13H26.In.2H/c1-5-6-7-8-9-10-11-13(4)12(2)3;;;/h11,13H,5-10H2,1-4H3;;;. The van der Waals surface area contributed by atoms with Crippen molar-refractivity contribution in [3.63, 3.8) is 0 Å². The first-order valence-corrected chi connectivity index (χ1v) is 9.69. The zero-order chi connectivity index (χ0) is 11.0. The Balaban J connectivity index is 3.39. The maximum atomic E-state index is 2.42. The van der Waals surface area contributed by atoms with Gasteiger partial charge < -0.3 is 0 Å². The quantitative estimate of drug-likeness (QED) is 0.594. The van der Waals surface area contributed by atoms with Gasteiger partial charge in [0.1, 0.15) is 0 Å². The van der Waals surface area contributed by atoms with E-state index in [9.17, 15) is 0 Å². The molecule has 0 spiro atoms. The van der Waals surface area contributed by atoms with E-state index in [0.717, 1.165) is 34.0 Å². The summed E-state index contributed by atoms with van der Waals surface area (Å²) in [7, 11) is 0. The first-order chi connectivity index (χ1) is 6.59. The second-order valence-electron chi connectivity index (χ2n) is 5.05. The summed E-state index contributed by atoms with van der Waals surface area (Å²) >= 11 is 0.841. The molecule has 0 aliphatic heterocycles. The van der Waals surface area contributed by atoms with E-state index in [1.807, 2.05) is 0 Å². The number of hydrogen-bond acceptors (Lipinski definition) is 0. The van der Waals surface area contributed by atoms with Crippen molar-refractivity contribution >= 4 is 24.4 Å². The maximum absolute atomic E-state index is 2.42. The van der Waals surface area contributed by atoms with E-state index in [2.05, 4.69) is 27.7 Å². The van der Waals surface area contributed by atoms with Crippen molar-refractivity contribution in [2.45, 2.75) is 69.9 Å². The molecule has 2 unspecified atom stereocenters. The first-order valence-electron chi connectivity index (χ1n) is 6.39. The Morgan fingerprint density at radius 2 is 1.64 bits per heavy atom. The van der Waals surface area contributed by atoms with Gasteiger partial charge in [0.25, 0.3) is 0 Å². The molecular weight excluding hydrogens is 271 g/mol. The summed E-state index contributed by atoms with van der Waals surface area (Å²) in [4.78, 5) is 0. The number of hydrogen-bond donors (Lipinski definition) is 0. The van der Waals surface area contributed by atoms with Gasteiger partial charge in [-0.2, -0.15) is 0 Å². The molecular formula is C13H28In. The number of unbranched alkanes of at least 4 members (excludes halogenated alkanes) is 4. The molecule has 0 aliphatic rings. The van der Waals surface area contributed by atoms with Gasteiger partial charge in [0, 0.05) is 0 Å². The zero-order valence-corrected chi connectivity index (χ0v) is 16.6. The Morgan fingerprint density at radius 3 is 2.14 bits per heavy atom. The minimum atomic E-state index is 0.841. The van der Waals surface area contributed by atoms with Gasteiger partial charge in [-0.3, -0.25) is 0 Å². The Morgan fingerprint density at radius 1 is 1.07 bits per heavy atom. The summed E-state index contributed by atoms with van der Waals surface area (Å²) < 4.78 is 1.09. The van der Waals surface area contributed by atoms with Gasteiger partial charge in [-0.15, -0.1) is 0 Å². The van der Waals surface area contributed by atoms with Crippen LogP contribution in [0.1, 0.15) is 66.2 Å². The van der Waals surface area contributed by atoms with Gasteiger partial charge in [-0.25, -0.2) is 0 Å². The molecule has 0 nitrogen and oxygen atoms in total. The molecule has 0 heterocycles. The Bertz CT molecular complexity index is 120. The van der Waals surface area contributed by atoms with E-state index in [4.69, 9.17) is 0 Å². The molecule has 0 saturated carbocycles. The van der Waals surface area contributed by atoms with Crippen LogP contribution in [0.5, 0.6) is 0 Å². The summed E-state index contributed by atoms with van der Waals surface area (Å²) in [6, 6.07) is 0. The van der Waals surface area contributed by atoms with Gasteiger partial charge in [0.2, 0.25) is 0 Å². The molecule has 0 aliphatic carbocycles. The predicted octanol–water partition coefficient (Wildman–Crippen LogP) is 4.02. The second-order valence-corrected chi connectivity index (χ2v) is 9.28. The Labute approximate surface area is 106 Å². The van der Waals surface area contributed by atoms with Crippen LogP contribution in [0.3, 0.4) is 0 Å². The summed E-state index contributed by atoms with van der Waals surface area (Å²) in [5, 5.41) is 0. The van der Waals surface area contributed by atoms with Crippen LogP contribution in [-0.2, 0) is 0 Å². The van der Waals surface area contributed by atoms with E-state index >= 15 is 0 Å². The van der Waals surface area contributed by atoms with E-state index in [1.54, 1.807) is 5.92 Å². The molecule has 0 fully saturated rings. The number of rotatable bonds is 8. The van der Waals surface area contributed by atoms with Crippen LogP contribution >= 0.6 is 0 Å². The van der Waals surface area contributed by atoms with Crippen molar-refractivity contribution in [2.24, 2.45) is 5.92 Å². The van der Waals surface area contributed by atoms with Crippen molar-refractivity contribution in [1.29, 1.82) is 0 Å². The van der Waals surface area contributed by atoms with Crippen LogP contribution in [0.15, 0.2) is 0 Å². The summed E-state index contributed by atoms with van der Waals surface area (Å²) in [5.41, 5.74) is 0. The van der Waals surface area contributed by atoms with E-state index in [0.29, 0.717) is 0 Å². The van der Waals surface area contributed by atoms with E-state index in [1.165, 1.54) is 38.5 Å². The molecule has 0 N–H and O–H groups in total. The monoisotopic (exact) mass is 299 g/mol. The minimum absolute atomic E-state index is 0.841. The third-order valence-electron chi connectivity index (χ3n) is 3.53. The molecule has 0 bridgehead atoms. The average Bonchev–Trinajstić information content (AvgIpc) is 2.16. The van der Waals surface area contributed by atoms with Crippen molar-refractivity contribution in [1.82, 2.24) is 0 Å². The van der Waals surface area contributed by atoms with Crippen molar-refractivity contribution in [3.8, 4) is 0 Å². The summed E-state index contributed by atoms with van der Waals surface area (Å²) in [6.07, 6.45) is 8.72.